The van der Waals surface area contributed by atoms with E-state index in [9.17, 15) is 17.2 Å². The number of ether oxygens (including phenoxy) is 1. The van der Waals surface area contributed by atoms with E-state index in [1.54, 1.807) is 4.72 Å². The number of nitrogens with one attached hydrogen (secondary N) is 1. The number of halogens is 4. The third-order valence-corrected chi connectivity index (χ3v) is 4.48. The number of alkyl halides is 2. The van der Waals surface area contributed by atoms with E-state index in [1.165, 1.54) is 13.2 Å². The Bertz CT molecular complexity index is 596. The van der Waals surface area contributed by atoms with Crippen LogP contribution >= 0.6 is 23.2 Å². The normalized spacial score (nSPS) is 12.5. The summed E-state index contributed by atoms with van der Waals surface area (Å²) in [6.07, 6.45) is 0. The smallest absolute Gasteiger partial charge is 0.273 e. The second kappa shape index (κ2) is 6.40. The molecule has 0 saturated carbocycles. The molecule has 0 amide bonds. The Morgan fingerprint density at radius 2 is 1.95 bits per heavy atom. The third-order valence-electron chi connectivity index (χ3n) is 2.32. The molecule has 3 N–H and O–H groups in total. The Labute approximate surface area is 125 Å². The first-order valence-corrected chi connectivity index (χ1v) is 7.47. The fraction of sp³-hybridized carbons (Fsp3) is 0.400. The Morgan fingerprint density at radius 1 is 1.35 bits per heavy atom. The lowest BCUT2D eigenvalue weighted by Gasteiger charge is -2.15. The second-order valence-electron chi connectivity index (χ2n) is 3.80. The van der Waals surface area contributed by atoms with Crippen molar-refractivity contribution in [3.8, 4) is 5.75 Å². The van der Waals surface area contributed by atoms with Gasteiger partial charge >= 0.3 is 0 Å². The van der Waals surface area contributed by atoms with Crippen molar-refractivity contribution in [3.05, 3.63) is 22.2 Å². The molecule has 1 rings (SSSR count). The van der Waals surface area contributed by atoms with Gasteiger partial charge in [-0.1, -0.05) is 23.2 Å². The summed E-state index contributed by atoms with van der Waals surface area (Å²) in [7, 11) is -2.91. The molecule has 0 radical (unpaired) electrons. The number of nitrogens with two attached hydrogens (primary N) is 1. The highest BCUT2D eigenvalue weighted by atomic mass is 35.5. The van der Waals surface area contributed by atoms with Crippen LogP contribution < -0.4 is 15.2 Å². The largest absolute Gasteiger partial charge is 0.495 e. The summed E-state index contributed by atoms with van der Waals surface area (Å²) < 4.78 is 56.3. The quantitative estimate of drug-likeness (QED) is 0.822. The highest BCUT2D eigenvalue weighted by Crippen LogP contribution is 2.33. The molecule has 0 aromatic heterocycles. The van der Waals surface area contributed by atoms with Crippen molar-refractivity contribution in [1.29, 1.82) is 0 Å². The van der Waals surface area contributed by atoms with E-state index < -0.39 is 33.9 Å². The van der Waals surface area contributed by atoms with E-state index in [-0.39, 0.29) is 15.8 Å². The summed E-state index contributed by atoms with van der Waals surface area (Å²) in [6.45, 7) is -2.11. The summed E-state index contributed by atoms with van der Waals surface area (Å²) in [5.41, 5.74) is 4.82. The molecule has 0 aliphatic heterocycles. The van der Waals surface area contributed by atoms with Gasteiger partial charge in [-0.05, 0) is 6.07 Å². The molecule has 20 heavy (non-hydrogen) atoms. The van der Waals surface area contributed by atoms with Crippen LogP contribution in [-0.2, 0) is 10.0 Å². The van der Waals surface area contributed by atoms with Crippen LogP contribution in [0.15, 0.2) is 17.0 Å². The molecule has 0 spiro atoms. The molecule has 5 nitrogen and oxygen atoms in total. The topological polar surface area (TPSA) is 81.4 Å². The van der Waals surface area contributed by atoms with Gasteiger partial charge < -0.3 is 10.5 Å². The van der Waals surface area contributed by atoms with Crippen LogP contribution in [0.25, 0.3) is 0 Å². The van der Waals surface area contributed by atoms with Gasteiger partial charge in [0.25, 0.3) is 5.92 Å². The molecule has 10 heteroatoms. The van der Waals surface area contributed by atoms with Crippen LogP contribution in [0.1, 0.15) is 0 Å². The van der Waals surface area contributed by atoms with E-state index in [0.717, 1.165) is 6.07 Å². The minimum Gasteiger partial charge on any atom is -0.495 e. The first kappa shape index (κ1) is 17.4. The van der Waals surface area contributed by atoms with Crippen LogP contribution in [0.2, 0.25) is 10.0 Å². The van der Waals surface area contributed by atoms with Crippen LogP contribution in [0, 0.1) is 0 Å². The second-order valence-corrected chi connectivity index (χ2v) is 6.35. The molecule has 0 fully saturated rings. The van der Waals surface area contributed by atoms with Gasteiger partial charge in [0.15, 0.2) is 0 Å². The van der Waals surface area contributed by atoms with Crippen molar-refractivity contribution in [2.24, 2.45) is 5.73 Å². The fourth-order valence-corrected chi connectivity index (χ4v) is 3.13. The molecule has 0 heterocycles. The summed E-state index contributed by atoms with van der Waals surface area (Å²) in [4.78, 5) is -0.419. The molecule has 114 valence electrons. The van der Waals surface area contributed by atoms with Gasteiger partial charge in [-0.2, -0.15) is 0 Å². The monoisotopic (exact) mass is 348 g/mol. The molecule has 0 saturated heterocycles. The average molecular weight is 349 g/mol. The predicted octanol–water partition coefficient (Wildman–Crippen LogP) is 1.87. The van der Waals surface area contributed by atoms with Crippen LogP contribution in [0.4, 0.5) is 8.78 Å². The number of methoxy groups -OCH3 is 1. The van der Waals surface area contributed by atoms with Gasteiger partial charge in [0.2, 0.25) is 10.0 Å². The number of benzene rings is 1. The van der Waals surface area contributed by atoms with Gasteiger partial charge in [0.1, 0.15) is 10.6 Å². The molecule has 0 atom stereocenters. The SMILES string of the molecule is COc1cc(Cl)c(S(=O)(=O)NCC(F)(F)CN)cc1Cl. The van der Waals surface area contributed by atoms with E-state index >= 15 is 0 Å². The highest BCUT2D eigenvalue weighted by molar-refractivity contribution is 7.89. The fourth-order valence-electron chi connectivity index (χ4n) is 1.22. The predicted molar refractivity (Wildman–Crippen MR) is 72.2 cm³/mol. The van der Waals surface area contributed by atoms with E-state index in [2.05, 4.69) is 0 Å². The highest BCUT2D eigenvalue weighted by Gasteiger charge is 2.30. The first-order chi connectivity index (χ1) is 9.13. The zero-order valence-corrected chi connectivity index (χ0v) is 12.6. The Hall–Kier alpha value is -0.670. The lowest BCUT2D eigenvalue weighted by atomic mass is 10.3. The van der Waals surface area contributed by atoms with Crippen LogP contribution in [0.5, 0.6) is 5.75 Å². The molecular weight excluding hydrogens is 337 g/mol. The number of rotatable bonds is 6. The first-order valence-electron chi connectivity index (χ1n) is 5.23. The maximum absolute atomic E-state index is 13.0. The summed E-state index contributed by atoms with van der Waals surface area (Å²) in [5.74, 6) is -3.18. The van der Waals surface area contributed by atoms with Gasteiger partial charge in [-0.15, -0.1) is 0 Å². The third kappa shape index (κ3) is 4.16. The minimum absolute atomic E-state index is 0.0112. The van der Waals surface area contributed by atoms with Gasteiger partial charge in [0.05, 0.1) is 30.2 Å². The van der Waals surface area contributed by atoms with Crippen LogP contribution in [0.3, 0.4) is 0 Å². The van der Waals surface area contributed by atoms with E-state index in [4.69, 9.17) is 33.7 Å². The average Bonchev–Trinajstić information content (AvgIpc) is 2.39. The maximum atomic E-state index is 13.0. The van der Waals surface area contributed by atoms with Gasteiger partial charge in [-0.25, -0.2) is 21.9 Å². The van der Waals surface area contributed by atoms with Gasteiger partial charge in [0, 0.05) is 6.07 Å². The molecule has 0 bridgehead atoms. The zero-order chi connectivity index (χ0) is 15.6. The van der Waals surface area contributed by atoms with Gasteiger partial charge in [-0.3, -0.25) is 0 Å². The Balaban J connectivity index is 3.08. The number of hydrogen-bond acceptors (Lipinski definition) is 4. The summed E-state index contributed by atoms with van der Waals surface area (Å²) >= 11 is 11.6. The Morgan fingerprint density at radius 3 is 2.45 bits per heavy atom. The van der Waals surface area contributed by atoms with E-state index in [0.29, 0.717) is 0 Å². The van der Waals surface area contributed by atoms with Crippen molar-refractivity contribution in [3.63, 3.8) is 0 Å². The molecular formula is C10H12Cl2F2N2O3S. The molecule has 1 aromatic carbocycles. The van der Waals surface area contributed by atoms with Crippen molar-refractivity contribution in [2.75, 3.05) is 20.2 Å². The van der Waals surface area contributed by atoms with Crippen LogP contribution in [-0.4, -0.2) is 34.5 Å². The molecule has 1 aromatic rings. The van der Waals surface area contributed by atoms with Crippen molar-refractivity contribution < 1.29 is 21.9 Å². The Kier molecular flexibility index (Phi) is 5.56. The molecule has 0 aliphatic carbocycles. The lowest BCUT2D eigenvalue weighted by molar-refractivity contribution is 0.0170. The summed E-state index contributed by atoms with van der Waals surface area (Å²) in [5, 5.41) is -0.210. The van der Waals surface area contributed by atoms with E-state index in [1.807, 2.05) is 0 Å². The standard InChI is InChI=1S/C10H12Cl2F2N2O3S/c1-19-8-2-7(12)9(3-6(8)11)20(17,18)16-5-10(13,14)4-15/h2-3,16H,4-5,15H2,1H3. The van der Waals surface area contributed by atoms with Crippen molar-refractivity contribution in [2.45, 2.75) is 10.8 Å². The molecule has 0 unspecified atom stereocenters. The number of sulfonamides is 1. The summed E-state index contributed by atoms with van der Waals surface area (Å²) in [6, 6.07) is 2.20. The lowest BCUT2D eigenvalue weighted by Crippen LogP contribution is -2.41. The maximum Gasteiger partial charge on any atom is 0.273 e. The number of hydrogen-bond donors (Lipinski definition) is 2. The van der Waals surface area contributed by atoms with Crippen molar-refractivity contribution in [1.82, 2.24) is 4.72 Å². The minimum atomic E-state index is -4.24. The molecule has 0 aliphatic rings. The zero-order valence-electron chi connectivity index (χ0n) is 10.3. The van der Waals surface area contributed by atoms with Crippen molar-refractivity contribution >= 4 is 33.2 Å².